The summed E-state index contributed by atoms with van der Waals surface area (Å²) in [6.07, 6.45) is -2.02. The fourth-order valence-corrected chi connectivity index (χ4v) is 3.88. The van der Waals surface area contributed by atoms with Crippen LogP contribution in [0.3, 0.4) is 0 Å². The summed E-state index contributed by atoms with van der Waals surface area (Å²) in [5.74, 6) is -4.18. The van der Waals surface area contributed by atoms with Crippen LogP contribution in [0.15, 0.2) is 12.3 Å². The van der Waals surface area contributed by atoms with E-state index in [4.69, 9.17) is 11.6 Å². The third-order valence-electron chi connectivity index (χ3n) is 5.41. The smallest absolute Gasteiger partial charge is 0.340 e. The number of hydrogen-bond acceptors (Lipinski definition) is 4. The number of aromatic nitrogens is 2. The van der Waals surface area contributed by atoms with E-state index in [2.05, 4.69) is 10.3 Å². The Bertz CT molecular complexity index is 1140. The van der Waals surface area contributed by atoms with Gasteiger partial charge >= 0.3 is 6.18 Å². The van der Waals surface area contributed by atoms with Gasteiger partial charge in [-0.1, -0.05) is 11.6 Å². The van der Waals surface area contributed by atoms with Gasteiger partial charge in [-0.2, -0.15) is 17.6 Å². The molecule has 0 spiro atoms. The van der Waals surface area contributed by atoms with Crippen molar-refractivity contribution in [1.82, 2.24) is 14.9 Å². The minimum absolute atomic E-state index is 0.0652. The van der Waals surface area contributed by atoms with E-state index in [9.17, 15) is 31.9 Å². The Hall–Kier alpha value is -2.95. The van der Waals surface area contributed by atoms with Gasteiger partial charge in [0, 0.05) is 17.8 Å². The summed E-state index contributed by atoms with van der Waals surface area (Å²) in [6.45, 7) is 3.18. The van der Waals surface area contributed by atoms with E-state index in [0.717, 1.165) is 20.0 Å². The van der Waals surface area contributed by atoms with Crippen LogP contribution in [0, 0.1) is 12.9 Å². The quantitative estimate of drug-likeness (QED) is 0.285. The molecule has 0 atom stereocenters. The van der Waals surface area contributed by atoms with Crippen molar-refractivity contribution in [3.05, 3.63) is 45.7 Å². The number of ketones is 1. The van der Waals surface area contributed by atoms with Crippen LogP contribution in [0.5, 0.6) is 0 Å². The highest BCUT2D eigenvalue weighted by atomic mass is 35.5. The molecule has 12 heteroatoms. The average Bonchev–Trinajstić information content (AvgIpc) is 3.00. The maximum atomic E-state index is 13.4. The topological polar surface area (TPSA) is 93.1 Å². The molecule has 2 aromatic rings. The summed E-state index contributed by atoms with van der Waals surface area (Å²) in [6, 6.07) is 1.36. The average molecular weight is 489 g/mol. The van der Waals surface area contributed by atoms with Crippen LogP contribution < -0.4 is 10.6 Å². The molecular weight excluding hydrogens is 468 g/mol. The highest BCUT2D eigenvalue weighted by Gasteiger charge is 2.49. The number of alkyl halides is 3. The van der Waals surface area contributed by atoms with Crippen molar-refractivity contribution in [1.29, 1.82) is 0 Å². The molecule has 0 aliphatic carbocycles. The van der Waals surface area contributed by atoms with E-state index in [1.165, 1.54) is 17.6 Å². The first kappa shape index (κ1) is 24.7. The summed E-state index contributed by atoms with van der Waals surface area (Å²) in [5.41, 5.74) is -2.30. The van der Waals surface area contributed by atoms with Gasteiger partial charge in [-0.25, -0.2) is 4.98 Å². The summed E-state index contributed by atoms with van der Waals surface area (Å²) < 4.78 is 54.2. The van der Waals surface area contributed by atoms with Gasteiger partial charge in [0.05, 0.1) is 22.5 Å². The summed E-state index contributed by atoms with van der Waals surface area (Å²) in [7, 11) is 0. The second-order valence-electron chi connectivity index (χ2n) is 8.28. The van der Waals surface area contributed by atoms with Crippen LogP contribution in [0.2, 0.25) is 5.02 Å². The van der Waals surface area contributed by atoms with Crippen LogP contribution >= 0.6 is 11.6 Å². The molecule has 2 amide bonds. The number of carbonyl (C=O) groups excluding carboxylic acids is 3. The maximum absolute atomic E-state index is 13.4. The molecule has 178 valence electrons. The number of rotatable bonds is 5. The van der Waals surface area contributed by atoms with Gasteiger partial charge in [0.25, 0.3) is 17.6 Å². The third-order valence-corrected chi connectivity index (χ3v) is 5.78. The second kappa shape index (κ2) is 8.77. The highest BCUT2D eigenvalue weighted by molar-refractivity contribution is 6.48. The molecule has 1 aliphatic rings. The largest absolute Gasteiger partial charge is 0.410 e. The number of amides is 2. The Morgan fingerprint density at radius 2 is 1.85 bits per heavy atom. The van der Waals surface area contributed by atoms with Gasteiger partial charge in [0.1, 0.15) is 11.2 Å². The van der Waals surface area contributed by atoms with E-state index in [1.807, 2.05) is 0 Å². The van der Waals surface area contributed by atoms with Crippen molar-refractivity contribution in [3.63, 3.8) is 0 Å². The molecule has 0 saturated heterocycles. The predicted molar refractivity (Wildman–Crippen MR) is 112 cm³/mol. The molecule has 2 N–H and O–H groups in total. The lowest BCUT2D eigenvalue weighted by atomic mass is 10.0. The first-order valence-corrected chi connectivity index (χ1v) is 10.4. The Balaban J connectivity index is 1.97. The van der Waals surface area contributed by atoms with Gasteiger partial charge in [-0.3, -0.25) is 14.4 Å². The lowest BCUT2D eigenvalue weighted by molar-refractivity contribution is -0.187. The minimum atomic E-state index is -4.79. The van der Waals surface area contributed by atoms with Gasteiger partial charge in [0.2, 0.25) is 5.95 Å². The molecule has 0 radical (unpaired) electrons. The number of nitrogens with one attached hydrogen (secondary N) is 2. The van der Waals surface area contributed by atoms with Crippen LogP contribution in [0.4, 0.5) is 23.2 Å². The Labute approximate surface area is 191 Å². The van der Waals surface area contributed by atoms with E-state index in [-0.39, 0.29) is 34.1 Å². The highest BCUT2D eigenvalue weighted by Crippen LogP contribution is 2.34. The second-order valence-corrected chi connectivity index (χ2v) is 8.66. The molecule has 0 unspecified atom stereocenters. The zero-order valence-electron chi connectivity index (χ0n) is 18.0. The molecule has 3 rings (SSSR count). The van der Waals surface area contributed by atoms with E-state index < -0.39 is 35.3 Å². The van der Waals surface area contributed by atoms with Crippen molar-refractivity contribution >= 4 is 34.9 Å². The molecule has 7 nitrogen and oxygen atoms in total. The fraction of sp³-hybridized carbons (Fsp3) is 0.429. The number of fused-ring (bicyclic) bond motifs is 1. The van der Waals surface area contributed by atoms with Crippen molar-refractivity contribution in [2.75, 3.05) is 5.32 Å². The van der Waals surface area contributed by atoms with Crippen LogP contribution in [-0.4, -0.2) is 38.9 Å². The lowest BCUT2D eigenvalue weighted by Crippen LogP contribution is -2.56. The lowest BCUT2D eigenvalue weighted by Gasteiger charge is -2.28. The summed E-state index contributed by atoms with van der Waals surface area (Å²) in [5, 5.41) is 3.89. The monoisotopic (exact) mass is 488 g/mol. The number of halogens is 5. The van der Waals surface area contributed by atoms with Crippen molar-refractivity contribution in [2.45, 2.75) is 58.3 Å². The van der Waals surface area contributed by atoms with Crippen molar-refractivity contribution in [3.8, 4) is 0 Å². The molecule has 2 aromatic heterocycles. The number of aryl methyl sites for hydroxylation is 1. The fourth-order valence-electron chi connectivity index (χ4n) is 3.49. The van der Waals surface area contributed by atoms with Crippen molar-refractivity contribution < 1.29 is 31.9 Å². The SMILES string of the molecule is Cc1cc(NC(=O)c2c(Cl)c(C(=O)C(=O)NC(C)(C)C(F)(F)F)n3c2CCCC3)cnc1F. The number of hydrogen-bond donors (Lipinski definition) is 2. The van der Waals surface area contributed by atoms with Gasteiger partial charge in [-0.15, -0.1) is 0 Å². The Morgan fingerprint density at radius 3 is 2.45 bits per heavy atom. The van der Waals surface area contributed by atoms with Gasteiger partial charge in [-0.05, 0) is 46.1 Å². The first-order chi connectivity index (χ1) is 15.2. The number of anilines is 1. The van der Waals surface area contributed by atoms with Crippen LogP contribution in [0.25, 0.3) is 0 Å². The standard InChI is InChI=1S/C21H21ClF4N4O3/c1-10-8-11(9-27-17(10)23)28-18(32)13-12-6-4-5-7-30(12)15(14(13)22)16(31)19(33)29-20(2,3)21(24,25)26/h8-9H,4-7H2,1-3H3,(H,28,32)(H,29,33). The number of pyridine rings is 1. The summed E-state index contributed by atoms with van der Waals surface area (Å²) in [4.78, 5) is 41.8. The number of nitrogens with zero attached hydrogens (tertiary/aromatic N) is 2. The first-order valence-electron chi connectivity index (χ1n) is 10.0. The van der Waals surface area contributed by atoms with Crippen LogP contribution in [-0.2, 0) is 17.8 Å². The number of Topliss-reactive ketones (excluding diaryl/α,β-unsaturated/α-hetero) is 1. The van der Waals surface area contributed by atoms with E-state index in [1.54, 1.807) is 5.32 Å². The maximum Gasteiger partial charge on any atom is 0.410 e. The normalized spacial score (nSPS) is 13.9. The zero-order valence-corrected chi connectivity index (χ0v) is 18.7. The third kappa shape index (κ3) is 4.73. The molecule has 0 aromatic carbocycles. The number of carbonyl (C=O) groups is 3. The Kier molecular flexibility index (Phi) is 6.56. The zero-order chi connectivity index (χ0) is 24.7. The molecule has 0 saturated carbocycles. The van der Waals surface area contributed by atoms with E-state index >= 15 is 0 Å². The van der Waals surface area contributed by atoms with Crippen LogP contribution in [0.1, 0.15) is 58.8 Å². The Morgan fingerprint density at radius 1 is 1.18 bits per heavy atom. The van der Waals surface area contributed by atoms with Crippen molar-refractivity contribution in [2.24, 2.45) is 0 Å². The van der Waals surface area contributed by atoms with Gasteiger partial charge in [0.15, 0.2) is 0 Å². The molecule has 0 fully saturated rings. The minimum Gasteiger partial charge on any atom is -0.340 e. The van der Waals surface area contributed by atoms with Gasteiger partial charge < -0.3 is 15.2 Å². The van der Waals surface area contributed by atoms with E-state index in [0.29, 0.717) is 25.0 Å². The predicted octanol–water partition coefficient (Wildman–Crippen LogP) is 4.21. The molecule has 33 heavy (non-hydrogen) atoms. The molecule has 3 heterocycles. The molecule has 0 bridgehead atoms. The summed E-state index contributed by atoms with van der Waals surface area (Å²) >= 11 is 6.36. The molecule has 1 aliphatic heterocycles. The molecular formula is C21H21ClF4N4O3.